The number of ether oxygens (including phenoxy) is 2. The molecule has 136 valence electrons. The molecule has 1 heterocycles. The van der Waals surface area contributed by atoms with Crippen molar-refractivity contribution in [1.29, 1.82) is 0 Å². The van der Waals surface area contributed by atoms with E-state index >= 15 is 0 Å². The molecule has 0 amide bonds. The molecule has 0 saturated heterocycles. The first kappa shape index (κ1) is 17.2. The number of H-pyrrole nitrogens is 1. The minimum absolute atomic E-state index is 0.152. The molecule has 0 bridgehead atoms. The van der Waals surface area contributed by atoms with Gasteiger partial charge in [-0.25, -0.2) is 4.98 Å². The van der Waals surface area contributed by atoms with E-state index in [2.05, 4.69) is 24.0 Å². The molecule has 0 fully saturated rings. The van der Waals surface area contributed by atoms with Crippen LogP contribution in [0.15, 0.2) is 72.8 Å². The van der Waals surface area contributed by atoms with Crippen LogP contribution in [0.1, 0.15) is 31.2 Å². The summed E-state index contributed by atoms with van der Waals surface area (Å²) in [6.45, 7) is 4.78. The average molecular weight is 358 g/mol. The third-order valence-electron chi connectivity index (χ3n) is 4.55. The van der Waals surface area contributed by atoms with E-state index in [0.29, 0.717) is 6.61 Å². The number of hydrogen-bond acceptors (Lipinski definition) is 3. The molecule has 0 radical (unpaired) electrons. The van der Waals surface area contributed by atoms with Gasteiger partial charge in [0.15, 0.2) is 0 Å². The Morgan fingerprint density at radius 2 is 1.59 bits per heavy atom. The van der Waals surface area contributed by atoms with E-state index in [1.807, 2.05) is 67.6 Å². The van der Waals surface area contributed by atoms with Crippen molar-refractivity contribution in [3.8, 4) is 17.2 Å². The number of imidazole rings is 1. The Balaban J connectivity index is 1.53. The predicted molar refractivity (Wildman–Crippen MR) is 108 cm³/mol. The Labute approximate surface area is 158 Å². The van der Waals surface area contributed by atoms with Crippen molar-refractivity contribution in [2.45, 2.75) is 19.8 Å². The van der Waals surface area contributed by atoms with Crippen molar-refractivity contribution >= 4 is 11.0 Å². The van der Waals surface area contributed by atoms with Crippen molar-refractivity contribution < 1.29 is 9.47 Å². The number of benzene rings is 3. The maximum absolute atomic E-state index is 5.87. The Kier molecular flexibility index (Phi) is 4.79. The van der Waals surface area contributed by atoms with Gasteiger partial charge in [-0.05, 0) is 48.9 Å². The third kappa shape index (κ3) is 3.80. The molecule has 0 aliphatic carbocycles. The molecular weight excluding hydrogens is 336 g/mol. The van der Waals surface area contributed by atoms with E-state index in [4.69, 9.17) is 14.5 Å². The summed E-state index contributed by atoms with van der Waals surface area (Å²) in [7, 11) is 0. The van der Waals surface area contributed by atoms with Crippen molar-refractivity contribution in [3.05, 3.63) is 84.2 Å². The number of para-hydroxylation sites is 1. The van der Waals surface area contributed by atoms with Crippen LogP contribution in [0.25, 0.3) is 11.0 Å². The lowest BCUT2D eigenvalue weighted by Gasteiger charge is -2.11. The summed E-state index contributed by atoms with van der Waals surface area (Å²) in [6, 6.07) is 23.9. The SMILES string of the molecule is CCOc1ccc2nc(C(C)c3ccc(Oc4ccccc4)cc3)[nH]c2c1. The molecular formula is C23H22N2O2. The number of fused-ring (bicyclic) bond motifs is 1. The second-order valence-electron chi connectivity index (χ2n) is 6.44. The smallest absolute Gasteiger partial charge is 0.127 e. The van der Waals surface area contributed by atoms with Crippen LogP contribution in [0.2, 0.25) is 0 Å². The lowest BCUT2D eigenvalue weighted by Crippen LogP contribution is -1.98. The number of aromatic nitrogens is 2. The predicted octanol–water partition coefficient (Wildman–Crippen LogP) is 5.91. The lowest BCUT2D eigenvalue weighted by molar-refractivity contribution is 0.340. The van der Waals surface area contributed by atoms with Crippen LogP contribution < -0.4 is 9.47 Å². The Hall–Kier alpha value is -3.27. The van der Waals surface area contributed by atoms with Gasteiger partial charge in [-0.2, -0.15) is 0 Å². The van der Waals surface area contributed by atoms with Crippen LogP contribution in [-0.2, 0) is 0 Å². The van der Waals surface area contributed by atoms with Gasteiger partial charge in [0.05, 0.1) is 17.6 Å². The van der Waals surface area contributed by atoms with Gasteiger partial charge < -0.3 is 14.5 Å². The highest BCUT2D eigenvalue weighted by Gasteiger charge is 2.14. The van der Waals surface area contributed by atoms with Crippen LogP contribution in [0.3, 0.4) is 0 Å². The topological polar surface area (TPSA) is 47.1 Å². The zero-order valence-electron chi connectivity index (χ0n) is 15.5. The maximum Gasteiger partial charge on any atom is 0.127 e. The molecule has 1 atom stereocenters. The highest BCUT2D eigenvalue weighted by Crippen LogP contribution is 2.28. The summed E-state index contributed by atoms with van der Waals surface area (Å²) >= 11 is 0. The van der Waals surface area contributed by atoms with E-state index in [9.17, 15) is 0 Å². The first-order valence-corrected chi connectivity index (χ1v) is 9.18. The van der Waals surface area contributed by atoms with Crippen LogP contribution >= 0.6 is 0 Å². The molecule has 4 heteroatoms. The Bertz CT molecular complexity index is 1020. The van der Waals surface area contributed by atoms with E-state index < -0.39 is 0 Å². The molecule has 27 heavy (non-hydrogen) atoms. The minimum Gasteiger partial charge on any atom is -0.494 e. The molecule has 1 aromatic heterocycles. The fourth-order valence-electron chi connectivity index (χ4n) is 3.08. The van der Waals surface area contributed by atoms with Gasteiger partial charge in [0.25, 0.3) is 0 Å². The van der Waals surface area contributed by atoms with Gasteiger partial charge >= 0.3 is 0 Å². The van der Waals surface area contributed by atoms with Crippen LogP contribution in [0.4, 0.5) is 0 Å². The number of nitrogens with one attached hydrogen (secondary N) is 1. The summed E-state index contributed by atoms with van der Waals surface area (Å²) in [5.74, 6) is 3.60. The van der Waals surface area contributed by atoms with Gasteiger partial charge in [-0.1, -0.05) is 37.3 Å². The minimum atomic E-state index is 0.152. The number of aromatic amines is 1. The fraction of sp³-hybridized carbons (Fsp3) is 0.174. The lowest BCUT2D eigenvalue weighted by atomic mass is 10.0. The van der Waals surface area contributed by atoms with E-state index in [1.165, 1.54) is 5.56 Å². The Morgan fingerprint density at radius 3 is 2.33 bits per heavy atom. The summed E-state index contributed by atoms with van der Waals surface area (Å²) in [6.07, 6.45) is 0. The normalized spacial score (nSPS) is 12.1. The third-order valence-corrected chi connectivity index (χ3v) is 4.55. The molecule has 4 aromatic rings. The molecule has 0 saturated carbocycles. The van der Waals surface area contributed by atoms with Gasteiger partial charge in [-0.3, -0.25) is 0 Å². The van der Waals surface area contributed by atoms with Crippen molar-refractivity contribution in [2.75, 3.05) is 6.61 Å². The summed E-state index contributed by atoms with van der Waals surface area (Å²) in [5.41, 5.74) is 3.12. The van der Waals surface area contributed by atoms with Gasteiger partial charge in [-0.15, -0.1) is 0 Å². The average Bonchev–Trinajstić information content (AvgIpc) is 3.12. The van der Waals surface area contributed by atoms with Gasteiger partial charge in [0, 0.05) is 12.0 Å². The second-order valence-corrected chi connectivity index (χ2v) is 6.44. The zero-order chi connectivity index (χ0) is 18.6. The highest BCUT2D eigenvalue weighted by atomic mass is 16.5. The molecule has 0 aliphatic heterocycles. The van der Waals surface area contributed by atoms with Crippen LogP contribution in [0.5, 0.6) is 17.2 Å². The fourth-order valence-corrected chi connectivity index (χ4v) is 3.08. The maximum atomic E-state index is 5.87. The van der Waals surface area contributed by atoms with Crippen LogP contribution in [-0.4, -0.2) is 16.6 Å². The summed E-state index contributed by atoms with van der Waals surface area (Å²) in [4.78, 5) is 8.16. The van der Waals surface area contributed by atoms with E-state index in [0.717, 1.165) is 34.1 Å². The molecule has 3 aromatic carbocycles. The molecule has 4 nitrogen and oxygen atoms in total. The molecule has 0 spiro atoms. The van der Waals surface area contributed by atoms with Gasteiger partial charge in [0.1, 0.15) is 23.1 Å². The van der Waals surface area contributed by atoms with Crippen molar-refractivity contribution in [1.82, 2.24) is 9.97 Å². The van der Waals surface area contributed by atoms with Gasteiger partial charge in [0.2, 0.25) is 0 Å². The number of rotatable bonds is 6. The molecule has 1 unspecified atom stereocenters. The molecule has 1 N–H and O–H groups in total. The monoisotopic (exact) mass is 358 g/mol. The number of nitrogens with zero attached hydrogens (tertiary/aromatic N) is 1. The first-order valence-electron chi connectivity index (χ1n) is 9.18. The molecule has 4 rings (SSSR count). The van der Waals surface area contributed by atoms with E-state index in [1.54, 1.807) is 0 Å². The van der Waals surface area contributed by atoms with Crippen molar-refractivity contribution in [3.63, 3.8) is 0 Å². The van der Waals surface area contributed by atoms with Crippen LogP contribution in [0, 0.1) is 0 Å². The van der Waals surface area contributed by atoms with E-state index in [-0.39, 0.29) is 5.92 Å². The summed E-state index contributed by atoms with van der Waals surface area (Å²) in [5, 5.41) is 0. The second kappa shape index (κ2) is 7.54. The standard InChI is InChI=1S/C23H22N2O2/c1-3-26-20-13-14-21-22(15-20)25-23(24-21)16(2)17-9-11-19(12-10-17)27-18-7-5-4-6-8-18/h4-16H,3H2,1-2H3,(H,24,25). The molecule has 0 aliphatic rings. The summed E-state index contributed by atoms with van der Waals surface area (Å²) < 4.78 is 11.4. The Morgan fingerprint density at radius 1 is 0.889 bits per heavy atom. The quantitative estimate of drug-likeness (QED) is 0.466. The highest BCUT2D eigenvalue weighted by molar-refractivity contribution is 5.77. The largest absolute Gasteiger partial charge is 0.494 e. The number of hydrogen-bond donors (Lipinski definition) is 1. The first-order chi connectivity index (χ1) is 13.2. The van der Waals surface area contributed by atoms with Crippen molar-refractivity contribution in [2.24, 2.45) is 0 Å². The zero-order valence-corrected chi connectivity index (χ0v) is 15.5.